The predicted octanol–water partition coefficient (Wildman–Crippen LogP) is -0.847. The van der Waals surface area contributed by atoms with E-state index in [2.05, 4.69) is 0 Å². The van der Waals surface area contributed by atoms with Gasteiger partial charge in [-0.15, -0.1) is 0 Å². The number of nitrogens with one attached hydrogen (secondary N) is 1. The Kier molecular flexibility index (Phi) is 3.73. The number of hydrogen-bond donors (Lipinski definition) is 2. The summed E-state index contributed by atoms with van der Waals surface area (Å²) >= 11 is 0. The lowest BCUT2D eigenvalue weighted by Gasteiger charge is -2.32. The van der Waals surface area contributed by atoms with Gasteiger partial charge >= 0.3 is 11.7 Å². The molecule has 0 aliphatic carbocycles. The molecule has 8 heteroatoms. The summed E-state index contributed by atoms with van der Waals surface area (Å²) in [5.41, 5.74) is -1.65. The van der Waals surface area contributed by atoms with E-state index in [0.717, 1.165) is 17.2 Å². The lowest BCUT2D eigenvalue weighted by atomic mass is 10.0. The molecule has 0 aromatic carbocycles. The molecule has 108 valence electrons. The van der Waals surface area contributed by atoms with E-state index in [1.54, 1.807) is 0 Å². The fourth-order valence-electron chi connectivity index (χ4n) is 2.30. The monoisotopic (exact) mass is 281 g/mol. The van der Waals surface area contributed by atoms with E-state index >= 15 is 0 Å². The molecule has 1 aromatic rings. The molecule has 1 aromatic heterocycles. The van der Waals surface area contributed by atoms with Gasteiger partial charge in [0, 0.05) is 19.8 Å². The Hall–Kier alpha value is -2.38. The van der Waals surface area contributed by atoms with Crippen LogP contribution in [0.15, 0.2) is 15.8 Å². The van der Waals surface area contributed by atoms with Gasteiger partial charge in [0.25, 0.3) is 11.5 Å². The van der Waals surface area contributed by atoms with Gasteiger partial charge in [-0.3, -0.25) is 14.6 Å². The van der Waals surface area contributed by atoms with Gasteiger partial charge in [-0.25, -0.2) is 9.59 Å². The van der Waals surface area contributed by atoms with Crippen LogP contribution >= 0.6 is 0 Å². The van der Waals surface area contributed by atoms with E-state index in [9.17, 15) is 19.2 Å². The first kappa shape index (κ1) is 14.0. The van der Waals surface area contributed by atoms with Crippen LogP contribution in [0, 0.1) is 0 Å². The number of carbonyl (C=O) groups is 2. The average molecular weight is 281 g/mol. The second kappa shape index (κ2) is 5.32. The molecule has 0 saturated carbocycles. The third-order valence-electron chi connectivity index (χ3n) is 3.39. The van der Waals surface area contributed by atoms with Crippen molar-refractivity contribution in [3.05, 3.63) is 32.6 Å². The molecule has 8 nitrogen and oxygen atoms in total. The van der Waals surface area contributed by atoms with Crippen LogP contribution in [0.3, 0.4) is 0 Å². The molecule has 1 fully saturated rings. The van der Waals surface area contributed by atoms with Crippen molar-refractivity contribution in [3.8, 4) is 0 Å². The summed E-state index contributed by atoms with van der Waals surface area (Å²) in [5.74, 6) is -1.74. The Balaban J connectivity index is 2.39. The highest BCUT2D eigenvalue weighted by Gasteiger charge is 2.33. The lowest BCUT2D eigenvalue weighted by molar-refractivity contribution is -0.143. The third kappa shape index (κ3) is 2.49. The van der Waals surface area contributed by atoms with E-state index in [1.165, 1.54) is 11.9 Å². The molecule has 1 saturated heterocycles. The second-order valence-corrected chi connectivity index (χ2v) is 4.76. The summed E-state index contributed by atoms with van der Waals surface area (Å²) in [4.78, 5) is 49.6. The topological polar surface area (TPSA) is 112 Å². The number of carbonyl (C=O) groups excluding carboxylic acids is 1. The first-order valence-corrected chi connectivity index (χ1v) is 6.25. The number of nitrogens with zero attached hydrogens (tertiary/aromatic N) is 2. The zero-order valence-corrected chi connectivity index (χ0v) is 11.0. The maximum Gasteiger partial charge on any atom is 0.328 e. The van der Waals surface area contributed by atoms with Gasteiger partial charge in [0.15, 0.2) is 0 Å². The van der Waals surface area contributed by atoms with Crippen LogP contribution in [0.4, 0.5) is 0 Å². The smallest absolute Gasteiger partial charge is 0.328 e. The molecule has 1 aliphatic rings. The van der Waals surface area contributed by atoms with Crippen LogP contribution < -0.4 is 11.2 Å². The Morgan fingerprint density at radius 1 is 1.35 bits per heavy atom. The van der Waals surface area contributed by atoms with E-state index in [-0.39, 0.29) is 12.1 Å². The van der Waals surface area contributed by atoms with E-state index in [1.807, 2.05) is 4.98 Å². The van der Waals surface area contributed by atoms with Crippen LogP contribution in [0.5, 0.6) is 0 Å². The highest BCUT2D eigenvalue weighted by molar-refractivity contribution is 5.96. The summed E-state index contributed by atoms with van der Waals surface area (Å²) in [6.07, 6.45) is 2.92. The molecule has 20 heavy (non-hydrogen) atoms. The summed E-state index contributed by atoms with van der Waals surface area (Å²) in [6.45, 7) is 0.290. The number of carboxylic acids is 1. The van der Waals surface area contributed by atoms with Crippen molar-refractivity contribution >= 4 is 11.9 Å². The van der Waals surface area contributed by atoms with Crippen LogP contribution in [-0.4, -0.2) is 44.0 Å². The minimum Gasteiger partial charge on any atom is -0.480 e. The fourth-order valence-corrected chi connectivity index (χ4v) is 2.30. The standard InChI is InChI=1S/C12H15N3O5/c1-14-6-7(9(16)13-12(14)20)10(17)15-5-3-2-4-8(15)11(18)19/h6,8H,2-5H2,1H3,(H,18,19)(H,13,16,20). The van der Waals surface area contributed by atoms with E-state index in [0.29, 0.717) is 12.8 Å². The van der Waals surface area contributed by atoms with Crippen LogP contribution in [0.1, 0.15) is 29.6 Å². The number of amides is 1. The van der Waals surface area contributed by atoms with Gasteiger partial charge in [-0.2, -0.15) is 0 Å². The maximum absolute atomic E-state index is 12.3. The highest BCUT2D eigenvalue weighted by atomic mass is 16.4. The molecular weight excluding hydrogens is 266 g/mol. The van der Waals surface area contributed by atoms with Crippen LogP contribution in [-0.2, 0) is 11.8 Å². The normalized spacial score (nSPS) is 18.9. The molecule has 1 atom stereocenters. The number of aryl methyl sites for hydroxylation is 1. The van der Waals surface area contributed by atoms with Crippen LogP contribution in [0.2, 0.25) is 0 Å². The summed E-state index contributed by atoms with van der Waals surface area (Å²) < 4.78 is 1.08. The Bertz CT molecular complexity index is 660. The van der Waals surface area contributed by atoms with Gasteiger partial charge in [-0.1, -0.05) is 0 Å². The van der Waals surface area contributed by atoms with Crippen molar-refractivity contribution in [1.82, 2.24) is 14.5 Å². The molecule has 0 bridgehead atoms. The van der Waals surface area contributed by atoms with Crippen molar-refractivity contribution in [2.75, 3.05) is 6.54 Å². The van der Waals surface area contributed by atoms with Crippen molar-refractivity contribution in [3.63, 3.8) is 0 Å². The average Bonchev–Trinajstić information content (AvgIpc) is 2.42. The number of carboxylic acid groups (broad SMARTS) is 1. The summed E-state index contributed by atoms with van der Waals surface area (Å²) in [6, 6.07) is -0.923. The number of aromatic nitrogens is 2. The molecule has 0 spiro atoms. The molecular formula is C12H15N3O5. The van der Waals surface area contributed by atoms with Gasteiger partial charge in [-0.05, 0) is 19.3 Å². The number of hydrogen-bond acceptors (Lipinski definition) is 4. The Morgan fingerprint density at radius 3 is 2.70 bits per heavy atom. The quantitative estimate of drug-likeness (QED) is 0.733. The minimum atomic E-state index is -1.08. The lowest BCUT2D eigenvalue weighted by Crippen LogP contribution is -2.49. The molecule has 1 unspecified atom stereocenters. The minimum absolute atomic E-state index is 0.222. The fraction of sp³-hybridized carbons (Fsp3) is 0.500. The Labute approximate surface area is 113 Å². The highest BCUT2D eigenvalue weighted by Crippen LogP contribution is 2.18. The first-order valence-electron chi connectivity index (χ1n) is 6.25. The molecule has 2 heterocycles. The maximum atomic E-state index is 12.3. The summed E-state index contributed by atoms with van der Waals surface area (Å²) in [7, 11) is 1.40. The number of aromatic amines is 1. The van der Waals surface area contributed by atoms with Crippen molar-refractivity contribution in [2.24, 2.45) is 7.05 Å². The first-order chi connectivity index (χ1) is 9.41. The number of H-pyrrole nitrogens is 1. The van der Waals surface area contributed by atoms with Crippen LogP contribution in [0.25, 0.3) is 0 Å². The zero-order valence-electron chi connectivity index (χ0n) is 11.0. The number of rotatable bonds is 2. The molecule has 1 aliphatic heterocycles. The molecule has 2 N–H and O–H groups in total. The number of likely N-dealkylation sites (tertiary alicyclic amines) is 1. The summed E-state index contributed by atoms with van der Waals surface area (Å²) in [5, 5.41) is 9.14. The zero-order chi connectivity index (χ0) is 14.9. The molecule has 2 rings (SSSR count). The van der Waals surface area contributed by atoms with Crippen molar-refractivity contribution < 1.29 is 14.7 Å². The van der Waals surface area contributed by atoms with Crippen molar-refractivity contribution in [1.29, 1.82) is 0 Å². The van der Waals surface area contributed by atoms with E-state index in [4.69, 9.17) is 5.11 Å². The Morgan fingerprint density at radius 2 is 2.05 bits per heavy atom. The number of piperidine rings is 1. The van der Waals surface area contributed by atoms with E-state index < -0.39 is 29.2 Å². The van der Waals surface area contributed by atoms with Gasteiger partial charge in [0.05, 0.1) is 0 Å². The predicted molar refractivity (Wildman–Crippen MR) is 68.6 cm³/mol. The molecule has 0 radical (unpaired) electrons. The third-order valence-corrected chi connectivity index (χ3v) is 3.39. The largest absolute Gasteiger partial charge is 0.480 e. The van der Waals surface area contributed by atoms with Crippen molar-refractivity contribution in [2.45, 2.75) is 25.3 Å². The molecule has 1 amide bonds. The van der Waals surface area contributed by atoms with Gasteiger partial charge in [0.2, 0.25) is 0 Å². The van der Waals surface area contributed by atoms with Gasteiger partial charge < -0.3 is 14.6 Å². The SMILES string of the molecule is Cn1cc(C(=O)N2CCCCC2C(=O)O)c(=O)[nH]c1=O. The second-order valence-electron chi connectivity index (χ2n) is 4.76. The number of aliphatic carboxylic acids is 1. The van der Waals surface area contributed by atoms with Gasteiger partial charge in [0.1, 0.15) is 11.6 Å².